The molecule has 0 aliphatic carbocycles. The van der Waals surface area contributed by atoms with E-state index in [0.29, 0.717) is 12.4 Å². The molecule has 19 heavy (non-hydrogen) atoms. The average molecular weight is 341 g/mol. The van der Waals surface area contributed by atoms with Crippen molar-refractivity contribution in [2.75, 3.05) is 6.26 Å². The Kier molecular flexibility index (Phi) is 4.27. The molecule has 0 aliphatic rings. The van der Waals surface area contributed by atoms with Crippen LogP contribution in [0.5, 0.6) is 5.75 Å². The highest BCUT2D eigenvalue weighted by molar-refractivity contribution is 9.10. The van der Waals surface area contributed by atoms with Gasteiger partial charge >= 0.3 is 0 Å². The molecule has 0 N–H and O–H groups in total. The van der Waals surface area contributed by atoms with Crippen LogP contribution < -0.4 is 4.74 Å². The maximum Gasteiger partial charge on any atom is 0.179 e. The van der Waals surface area contributed by atoms with Gasteiger partial charge in [0.15, 0.2) is 9.84 Å². The zero-order valence-corrected chi connectivity index (χ0v) is 12.7. The van der Waals surface area contributed by atoms with Gasteiger partial charge in [0.05, 0.1) is 0 Å². The lowest BCUT2D eigenvalue weighted by Crippen LogP contribution is -2.03. The molecule has 0 fully saturated rings. The van der Waals surface area contributed by atoms with Gasteiger partial charge in [-0.1, -0.05) is 46.3 Å². The number of benzene rings is 2. The smallest absolute Gasteiger partial charge is 0.179 e. The molecule has 0 saturated carbocycles. The molecule has 100 valence electrons. The number of sulfone groups is 1. The first-order chi connectivity index (χ1) is 8.97. The van der Waals surface area contributed by atoms with Crippen molar-refractivity contribution in [2.24, 2.45) is 0 Å². The van der Waals surface area contributed by atoms with Gasteiger partial charge in [0.1, 0.15) is 17.3 Å². The molecule has 0 bridgehead atoms. The summed E-state index contributed by atoms with van der Waals surface area (Å²) in [6, 6.07) is 14.5. The van der Waals surface area contributed by atoms with Crippen LogP contribution in [-0.4, -0.2) is 14.7 Å². The predicted molar refractivity (Wildman–Crippen MR) is 78.0 cm³/mol. The topological polar surface area (TPSA) is 43.4 Å². The summed E-state index contributed by atoms with van der Waals surface area (Å²) in [6.07, 6.45) is 1.17. The van der Waals surface area contributed by atoms with Gasteiger partial charge in [-0.3, -0.25) is 0 Å². The van der Waals surface area contributed by atoms with E-state index in [1.54, 1.807) is 18.2 Å². The molecule has 5 heteroatoms. The van der Waals surface area contributed by atoms with Crippen LogP contribution in [0.2, 0.25) is 0 Å². The molecule has 0 heterocycles. The molecule has 0 radical (unpaired) electrons. The van der Waals surface area contributed by atoms with Crippen molar-refractivity contribution in [2.45, 2.75) is 11.5 Å². The lowest BCUT2D eigenvalue weighted by Gasteiger charge is -2.11. The second-order valence-electron chi connectivity index (χ2n) is 4.14. The van der Waals surface area contributed by atoms with E-state index in [0.717, 1.165) is 10.0 Å². The van der Waals surface area contributed by atoms with Gasteiger partial charge in [-0.25, -0.2) is 8.42 Å². The highest BCUT2D eigenvalue weighted by Crippen LogP contribution is 2.28. The maximum absolute atomic E-state index is 11.7. The second kappa shape index (κ2) is 5.75. The highest BCUT2D eigenvalue weighted by Gasteiger charge is 2.14. The van der Waals surface area contributed by atoms with Crippen molar-refractivity contribution < 1.29 is 13.2 Å². The minimum absolute atomic E-state index is 0.201. The Bertz CT molecular complexity index is 666. The van der Waals surface area contributed by atoms with Crippen LogP contribution in [0.3, 0.4) is 0 Å². The molecule has 2 aromatic carbocycles. The quantitative estimate of drug-likeness (QED) is 0.856. The van der Waals surface area contributed by atoms with E-state index in [2.05, 4.69) is 15.9 Å². The molecule has 0 saturated heterocycles. The molecule has 2 rings (SSSR count). The third-order valence-corrected chi connectivity index (χ3v) is 4.17. The monoisotopic (exact) mass is 340 g/mol. The number of hydrogen-bond acceptors (Lipinski definition) is 3. The summed E-state index contributed by atoms with van der Waals surface area (Å²) in [6.45, 7) is 0.333. The van der Waals surface area contributed by atoms with E-state index >= 15 is 0 Å². The molecule has 0 unspecified atom stereocenters. The van der Waals surface area contributed by atoms with Crippen molar-refractivity contribution in [1.82, 2.24) is 0 Å². The summed E-state index contributed by atoms with van der Waals surface area (Å²) in [4.78, 5) is 0.201. The highest BCUT2D eigenvalue weighted by atomic mass is 79.9. The number of ether oxygens (including phenoxy) is 1. The fourth-order valence-corrected chi connectivity index (χ4v) is 2.77. The van der Waals surface area contributed by atoms with Crippen molar-refractivity contribution in [3.63, 3.8) is 0 Å². The fourth-order valence-electron chi connectivity index (χ4n) is 1.64. The lowest BCUT2D eigenvalue weighted by molar-refractivity contribution is 0.298. The fraction of sp³-hybridized carbons (Fsp3) is 0.143. The van der Waals surface area contributed by atoms with Crippen LogP contribution in [0.25, 0.3) is 0 Å². The minimum Gasteiger partial charge on any atom is -0.488 e. The molecule has 0 aliphatic heterocycles. The van der Waals surface area contributed by atoms with Gasteiger partial charge in [0.2, 0.25) is 0 Å². The van der Waals surface area contributed by atoms with Crippen LogP contribution in [-0.2, 0) is 16.4 Å². The number of hydrogen-bond donors (Lipinski definition) is 0. The Morgan fingerprint density at radius 1 is 1.11 bits per heavy atom. The molecule has 0 spiro atoms. The Morgan fingerprint density at radius 2 is 1.79 bits per heavy atom. The first-order valence-electron chi connectivity index (χ1n) is 5.63. The maximum atomic E-state index is 11.7. The summed E-state index contributed by atoms with van der Waals surface area (Å²) in [5, 5.41) is 0. The zero-order chi connectivity index (χ0) is 13.9. The van der Waals surface area contributed by atoms with Crippen LogP contribution in [0.1, 0.15) is 5.56 Å². The number of halogens is 1. The third-order valence-electron chi connectivity index (χ3n) is 2.54. The molecule has 2 aromatic rings. The lowest BCUT2D eigenvalue weighted by atomic mass is 10.2. The van der Waals surface area contributed by atoms with Crippen LogP contribution >= 0.6 is 15.9 Å². The summed E-state index contributed by atoms with van der Waals surface area (Å²) < 4.78 is 29.8. The van der Waals surface area contributed by atoms with Gasteiger partial charge in [-0.05, 0) is 23.8 Å². The summed E-state index contributed by atoms with van der Waals surface area (Å²) >= 11 is 3.31. The summed E-state index contributed by atoms with van der Waals surface area (Å²) in [5.74, 6) is 0.362. The first kappa shape index (κ1) is 14.1. The molecular formula is C14H13BrO3S. The van der Waals surface area contributed by atoms with Crippen LogP contribution in [0, 0.1) is 0 Å². The van der Waals surface area contributed by atoms with Gasteiger partial charge < -0.3 is 4.74 Å². The van der Waals surface area contributed by atoms with E-state index in [4.69, 9.17) is 4.74 Å². The Morgan fingerprint density at radius 3 is 2.42 bits per heavy atom. The van der Waals surface area contributed by atoms with E-state index in [1.165, 1.54) is 6.26 Å². The van der Waals surface area contributed by atoms with E-state index in [9.17, 15) is 8.42 Å². The average Bonchev–Trinajstić information content (AvgIpc) is 2.36. The zero-order valence-electron chi connectivity index (χ0n) is 10.3. The van der Waals surface area contributed by atoms with Gasteiger partial charge in [0.25, 0.3) is 0 Å². The van der Waals surface area contributed by atoms with Gasteiger partial charge in [0, 0.05) is 10.7 Å². The number of rotatable bonds is 4. The molecule has 0 aromatic heterocycles. The Labute approximate surface area is 121 Å². The van der Waals surface area contributed by atoms with Crippen molar-refractivity contribution in [1.29, 1.82) is 0 Å². The SMILES string of the molecule is CS(=O)(=O)c1ccc(Br)cc1OCc1ccccc1. The Balaban J connectivity index is 2.27. The van der Waals surface area contributed by atoms with Gasteiger partial charge in [-0.2, -0.15) is 0 Å². The molecule has 3 nitrogen and oxygen atoms in total. The van der Waals surface area contributed by atoms with Crippen LogP contribution in [0.4, 0.5) is 0 Å². The second-order valence-corrected chi connectivity index (χ2v) is 7.04. The standard InChI is InChI=1S/C14H13BrO3S/c1-19(16,17)14-8-7-12(15)9-13(14)18-10-11-5-3-2-4-6-11/h2-9H,10H2,1H3. The van der Waals surface area contributed by atoms with Crippen molar-refractivity contribution >= 4 is 25.8 Å². The van der Waals surface area contributed by atoms with E-state index in [1.807, 2.05) is 30.3 Å². The predicted octanol–water partition coefficient (Wildman–Crippen LogP) is 3.43. The van der Waals surface area contributed by atoms with Crippen LogP contribution in [0.15, 0.2) is 57.9 Å². The van der Waals surface area contributed by atoms with Gasteiger partial charge in [-0.15, -0.1) is 0 Å². The summed E-state index contributed by atoms with van der Waals surface area (Å²) in [7, 11) is -3.30. The largest absolute Gasteiger partial charge is 0.488 e. The summed E-state index contributed by atoms with van der Waals surface area (Å²) in [5.41, 5.74) is 0.988. The van der Waals surface area contributed by atoms with Crippen molar-refractivity contribution in [3.8, 4) is 5.75 Å². The van der Waals surface area contributed by atoms with E-state index < -0.39 is 9.84 Å². The normalized spacial score (nSPS) is 11.3. The Hall–Kier alpha value is -1.33. The molecule has 0 atom stereocenters. The molecular weight excluding hydrogens is 328 g/mol. The van der Waals surface area contributed by atoms with Crippen molar-refractivity contribution in [3.05, 3.63) is 58.6 Å². The minimum atomic E-state index is -3.30. The third kappa shape index (κ3) is 3.81. The first-order valence-corrected chi connectivity index (χ1v) is 8.31. The van der Waals surface area contributed by atoms with E-state index in [-0.39, 0.29) is 4.90 Å². The molecule has 0 amide bonds.